The van der Waals surface area contributed by atoms with Crippen LogP contribution >= 0.6 is 23.2 Å². The number of nitrogens with zero attached hydrogens (tertiary/aromatic N) is 1. The number of amides is 2. The van der Waals surface area contributed by atoms with Crippen LogP contribution in [0.25, 0.3) is 0 Å². The van der Waals surface area contributed by atoms with Crippen LogP contribution < -0.4 is 10.1 Å². The third-order valence-electron chi connectivity index (χ3n) is 6.18. The molecule has 2 aromatic carbocycles. The van der Waals surface area contributed by atoms with Crippen molar-refractivity contribution in [2.45, 2.75) is 70.5 Å². The van der Waals surface area contributed by atoms with Crippen molar-refractivity contribution in [3.05, 3.63) is 63.6 Å². The standard InChI is InChI=1S/C26H32Cl2N2O3/c1-3-24(26(32)29-21-9-5-4-6-10-21)30(17-18-8-7-11-22(14-18)33-2)25(31)15-19-12-13-20(27)16-23(19)28/h7-8,11-14,16,21,24H,3-6,9-10,15,17H2,1-2H3,(H,29,32)/t24-/m0/s1. The molecule has 1 aliphatic rings. The van der Waals surface area contributed by atoms with Crippen LogP contribution in [-0.2, 0) is 22.6 Å². The Bertz CT molecular complexity index is 960. The predicted octanol–water partition coefficient (Wildman–Crippen LogP) is 5.80. The van der Waals surface area contributed by atoms with E-state index < -0.39 is 6.04 Å². The molecule has 0 radical (unpaired) electrons. The summed E-state index contributed by atoms with van der Waals surface area (Å²) in [5.41, 5.74) is 1.58. The monoisotopic (exact) mass is 490 g/mol. The van der Waals surface area contributed by atoms with Gasteiger partial charge in [0.25, 0.3) is 0 Å². The van der Waals surface area contributed by atoms with Crippen molar-refractivity contribution in [1.82, 2.24) is 10.2 Å². The lowest BCUT2D eigenvalue weighted by Gasteiger charge is -2.33. The Labute approximate surface area is 206 Å². The molecule has 1 saturated carbocycles. The van der Waals surface area contributed by atoms with Gasteiger partial charge in [-0.2, -0.15) is 0 Å². The Morgan fingerprint density at radius 1 is 1.12 bits per heavy atom. The number of nitrogens with one attached hydrogen (secondary N) is 1. The van der Waals surface area contributed by atoms with Crippen LogP contribution in [0.3, 0.4) is 0 Å². The molecule has 178 valence electrons. The van der Waals surface area contributed by atoms with E-state index in [9.17, 15) is 9.59 Å². The lowest BCUT2D eigenvalue weighted by molar-refractivity contribution is -0.141. The Morgan fingerprint density at radius 2 is 1.88 bits per heavy atom. The van der Waals surface area contributed by atoms with E-state index in [4.69, 9.17) is 27.9 Å². The van der Waals surface area contributed by atoms with Crippen molar-refractivity contribution in [3.8, 4) is 5.75 Å². The first-order valence-electron chi connectivity index (χ1n) is 11.6. The van der Waals surface area contributed by atoms with Crippen molar-refractivity contribution in [3.63, 3.8) is 0 Å². The second-order valence-corrected chi connectivity index (χ2v) is 9.40. The molecule has 2 amide bonds. The summed E-state index contributed by atoms with van der Waals surface area (Å²) in [5, 5.41) is 4.15. The third-order valence-corrected chi connectivity index (χ3v) is 6.77. The molecule has 0 aliphatic heterocycles. The quantitative estimate of drug-likeness (QED) is 0.482. The number of hydrogen-bond donors (Lipinski definition) is 1. The van der Waals surface area contributed by atoms with Crippen molar-refractivity contribution in [2.24, 2.45) is 0 Å². The minimum absolute atomic E-state index is 0.0905. The van der Waals surface area contributed by atoms with Gasteiger partial charge in [-0.1, -0.05) is 67.6 Å². The zero-order chi connectivity index (χ0) is 23.8. The minimum Gasteiger partial charge on any atom is -0.497 e. The van der Waals surface area contributed by atoms with E-state index in [2.05, 4.69) is 5.32 Å². The molecule has 0 aromatic heterocycles. The number of carbonyl (C=O) groups is 2. The highest BCUT2D eigenvalue weighted by molar-refractivity contribution is 6.35. The molecular formula is C26H32Cl2N2O3. The summed E-state index contributed by atoms with van der Waals surface area (Å²) in [6.45, 7) is 2.24. The van der Waals surface area contributed by atoms with Gasteiger partial charge in [0.05, 0.1) is 13.5 Å². The molecule has 0 heterocycles. The predicted molar refractivity (Wildman–Crippen MR) is 133 cm³/mol. The van der Waals surface area contributed by atoms with Gasteiger partial charge < -0.3 is 15.0 Å². The lowest BCUT2D eigenvalue weighted by Crippen LogP contribution is -2.52. The SMILES string of the molecule is CC[C@@H](C(=O)NC1CCCCC1)N(Cc1cccc(OC)c1)C(=O)Cc1ccc(Cl)cc1Cl. The molecule has 1 N–H and O–H groups in total. The maximum atomic E-state index is 13.5. The first-order chi connectivity index (χ1) is 15.9. The van der Waals surface area contributed by atoms with E-state index in [-0.39, 0.29) is 24.3 Å². The summed E-state index contributed by atoms with van der Waals surface area (Å²) in [6, 6.07) is 12.3. The van der Waals surface area contributed by atoms with Crippen molar-refractivity contribution >= 4 is 35.0 Å². The normalized spacial score (nSPS) is 15.0. The average molecular weight is 491 g/mol. The molecule has 2 aromatic rings. The smallest absolute Gasteiger partial charge is 0.243 e. The maximum Gasteiger partial charge on any atom is 0.243 e. The molecule has 7 heteroatoms. The van der Waals surface area contributed by atoms with Gasteiger partial charge in [-0.3, -0.25) is 9.59 Å². The maximum absolute atomic E-state index is 13.5. The molecular weight excluding hydrogens is 459 g/mol. The highest BCUT2D eigenvalue weighted by atomic mass is 35.5. The van der Waals surface area contributed by atoms with Gasteiger partial charge >= 0.3 is 0 Å². The van der Waals surface area contributed by atoms with E-state index in [1.54, 1.807) is 30.2 Å². The van der Waals surface area contributed by atoms with E-state index in [1.165, 1.54) is 6.42 Å². The fourth-order valence-corrected chi connectivity index (χ4v) is 4.84. The Morgan fingerprint density at radius 3 is 2.55 bits per heavy atom. The third kappa shape index (κ3) is 7.12. The van der Waals surface area contributed by atoms with Crippen molar-refractivity contribution in [1.29, 1.82) is 0 Å². The van der Waals surface area contributed by atoms with Gasteiger partial charge in [0.2, 0.25) is 11.8 Å². The van der Waals surface area contributed by atoms with Crippen LogP contribution in [0.1, 0.15) is 56.6 Å². The zero-order valence-corrected chi connectivity index (χ0v) is 20.8. The zero-order valence-electron chi connectivity index (χ0n) is 19.3. The van der Waals surface area contributed by atoms with Gasteiger partial charge in [0.15, 0.2) is 0 Å². The van der Waals surface area contributed by atoms with E-state index in [0.29, 0.717) is 34.3 Å². The van der Waals surface area contributed by atoms with Crippen LogP contribution in [0.5, 0.6) is 5.75 Å². The fourth-order valence-electron chi connectivity index (χ4n) is 4.36. The van der Waals surface area contributed by atoms with Gasteiger partial charge in [-0.15, -0.1) is 0 Å². The Hall–Kier alpha value is -2.24. The largest absolute Gasteiger partial charge is 0.497 e. The topological polar surface area (TPSA) is 58.6 Å². The number of halogens is 2. The van der Waals surface area contributed by atoms with Gasteiger partial charge in [0, 0.05) is 22.6 Å². The van der Waals surface area contributed by atoms with Crippen molar-refractivity contribution < 1.29 is 14.3 Å². The molecule has 1 atom stereocenters. The fraction of sp³-hybridized carbons (Fsp3) is 0.462. The number of rotatable bonds is 9. The summed E-state index contributed by atoms with van der Waals surface area (Å²) in [4.78, 5) is 28.5. The summed E-state index contributed by atoms with van der Waals surface area (Å²) in [6.07, 6.45) is 6.06. The summed E-state index contributed by atoms with van der Waals surface area (Å²) in [5.74, 6) is 0.455. The van der Waals surface area contributed by atoms with Crippen LogP contribution in [0.15, 0.2) is 42.5 Å². The van der Waals surface area contributed by atoms with Crippen LogP contribution in [0.2, 0.25) is 10.0 Å². The number of methoxy groups -OCH3 is 1. The Kier molecular flexibility index (Phi) is 9.45. The number of carbonyl (C=O) groups excluding carboxylic acids is 2. The lowest BCUT2D eigenvalue weighted by atomic mass is 9.95. The van der Waals surface area contributed by atoms with Crippen molar-refractivity contribution in [2.75, 3.05) is 7.11 Å². The first kappa shape index (κ1) is 25.4. The number of benzene rings is 2. The molecule has 33 heavy (non-hydrogen) atoms. The highest BCUT2D eigenvalue weighted by Gasteiger charge is 2.30. The molecule has 3 rings (SSSR count). The summed E-state index contributed by atoms with van der Waals surface area (Å²) < 4.78 is 5.34. The Balaban J connectivity index is 1.84. The second-order valence-electron chi connectivity index (χ2n) is 8.55. The number of hydrogen-bond acceptors (Lipinski definition) is 3. The van der Waals surface area contributed by atoms with Crippen LogP contribution in [-0.4, -0.2) is 35.9 Å². The summed E-state index contributed by atoms with van der Waals surface area (Å²) >= 11 is 12.3. The number of ether oxygens (including phenoxy) is 1. The molecule has 0 spiro atoms. The van der Waals surface area contributed by atoms with Crippen LogP contribution in [0.4, 0.5) is 0 Å². The van der Waals surface area contributed by atoms with Gasteiger partial charge in [-0.25, -0.2) is 0 Å². The molecule has 0 bridgehead atoms. The van der Waals surface area contributed by atoms with E-state index >= 15 is 0 Å². The average Bonchev–Trinajstić information content (AvgIpc) is 2.81. The summed E-state index contributed by atoms with van der Waals surface area (Å²) in [7, 11) is 1.61. The van der Waals surface area contributed by atoms with Crippen LogP contribution in [0, 0.1) is 0 Å². The molecule has 1 aliphatic carbocycles. The second kappa shape index (κ2) is 12.3. The van der Waals surface area contributed by atoms with E-state index in [0.717, 1.165) is 31.2 Å². The van der Waals surface area contributed by atoms with Gasteiger partial charge in [0.1, 0.15) is 11.8 Å². The molecule has 0 saturated heterocycles. The highest BCUT2D eigenvalue weighted by Crippen LogP contribution is 2.24. The molecule has 5 nitrogen and oxygen atoms in total. The van der Waals surface area contributed by atoms with E-state index in [1.807, 2.05) is 31.2 Å². The first-order valence-corrected chi connectivity index (χ1v) is 12.3. The minimum atomic E-state index is -0.572. The molecule has 0 unspecified atom stereocenters. The van der Waals surface area contributed by atoms with Gasteiger partial charge in [-0.05, 0) is 54.7 Å². The molecule has 1 fully saturated rings.